The minimum Gasteiger partial charge on any atom is -0.293 e. The summed E-state index contributed by atoms with van der Waals surface area (Å²) in [6.45, 7) is 9.68. The van der Waals surface area contributed by atoms with E-state index in [0.717, 1.165) is 11.4 Å². The van der Waals surface area contributed by atoms with Crippen LogP contribution in [0.25, 0.3) is 0 Å². The van der Waals surface area contributed by atoms with Crippen molar-refractivity contribution in [2.75, 3.05) is 5.32 Å². The van der Waals surface area contributed by atoms with Crippen LogP contribution in [0.15, 0.2) is 6.07 Å². The first-order chi connectivity index (χ1) is 9.79. The van der Waals surface area contributed by atoms with Gasteiger partial charge in [0.2, 0.25) is 5.95 Å². The average Bonchev–Trinajstić information content (AvgIpc) is 2.92. The molecule has 0 spiro atoms. The van der Waals surface area contributed by atoms with Gasteiger partial charge in [0.25, 0.3) is 5.91 Å². The van der Waals surface area contributed by atoms with Crippen molar-refractivity contribution in [3.8, 4) is 0 Å². The van der Waals surface area contributed by atoms with Gasteiger partial charge in [-0.2, -0.15) is 15.2 Å². The molecule has 0 aliphatic rings. The van der Waals surface area contributed by atoms with E-state index in [1.165, 1.54) is 0 Å². The Kier molecular flexibility index (Phi) is 4.11. The fraction of sp³-hybridized carbons (Fsp3) is 0.571. The smallest absolute Gasteiger partial charge is 0.251 e. The molecule has 0 radical (unpaired) electrons. The molecule has 0 unspecified atom stereocenters. The highest BCUT2D eigenvalue weighted by atomic mass is 16.2. The van der Waals surface area contributed by atoms with Gasteiger partial charge in [-0.1, -0.05) is 13.8 Å². The summed E-state index contributed by atoms with van der Waals surface area (Å²) in [7, 11) is 1.77. The van der Waals surface area contributed by atoms with Crippen molar-refractivity contribution in [1.29, 1.82) is 0 Å². The van der Waals surface area contributed by atoms with Crippen LogP contribution in [0.4, 0.5) is 5.95 Å². The second-order valence-electron chi connectivity index (χ2n) is 5.61. The van der Waals surface area contributed by atoms with E-state index in [9.17, 15) is 4.79 Å². The van der Waals surface area contributed by atoms with Crippen molar-refractivity contribution in [3.63, 3.8) is 0 Å². The number of aromatic nitrogens is 5. The van der Waals surface area contributed by atoms with Crippen LogP contribution in [-0.4, -0.2) is 30.5 Å². The summed E-state index contributed by atoms with van der Waals surface area (Å²) in [4.78, 5) is 16.7. The third kappa shape index (κ3) is 3.12. The number of amides is 1. The molecule has 7 nitrogen and oxygen atoms in total. The summed E-state index contributed by atoms with van der Waals surface area (Å²) in [5.41, 5.74) is 1.85. The number of rotatable bonds is 4. The van der Waals surface area contributed by atoms with Crippen molar-refractivity contribution in [2.24, 2.45) is 7.05 Å². The van der Waals surface area contributed by atoms with Gasteiger partial charge < -0.3 is 0 Å². The van der Waals surface area contributed by atoms with Crippen molar-refractivity contribution in [1.82, 2.24) is 24.5 Å². The summed E-state index contributed by atoms with van der Waals surface area (Å²) < 4.78 is 3.30. The highest BCUT2D eigenvalue weighted by Crippen LogP contribution is 2.15. The molecule has 2 rings (SSSR count). The Morgan fingerprint density at radius 2 is 1.90 bits per heavy atom. The molecule has 0 aliphatic carbocycles. The summed E-state index contributed by atoms with van der Waals surface area (Å²) in [5.74, 6) is 1.23. The number of nitrogens with zero attached hydrogens (tertiary/aromatic N) is 5. The maximum Gasteiger partial charge on any atom is 0.251 e. The molecule has 0 saturated carbocycles. The molecule has 114 valence electrons. The Morgan fingerprint density at radius 3 is 2.38 bits per heavy atom. The summed E-state index contributed by atoms with van der Waals surface area (Å²) in [5, 5.41) is 11.4. The topological polar surface area (TPSA) is 77.6 Å². The van der Waals surface area contributed by atoms with E-state index in [1.807, 2.05) is 40.7 Å². The van der Waals surface area contributed by atoms with Gasteiger partial charge in [0.05, 0.1) is 5.69 Å². The average molecular weight is 290 g/mol. The first-order valence-corrected chi connectivity index (χ1v) is 7.04. The molecule has 0 aromatic carbocycles. The molecule has 0 aliphatic heterocycles. The molecule has 0 fully saturated rings. The normalized spacial score (nSPS) is 12.7. The molecule has 2 aromatic rings. The predicted molar refractivity (Wildman–Crippen MR) is 80.1 cm³/mol. The lowest BCUT2D eigenvalue weighted by Gasteiger charge is -2.13. The van der Waals surface area contributed by atoms with E-state index in [2.05, 4.69) is 20.5 Å². The zero-order valence-corrected chi connectivity index (χ0v) is 13.4. The fourth-order valence-corrected chi connectivity index (χ4v) is 2.12. The van der Waals surface area contributed by atoms with Crippen molar-refractivity contribution in [2.45, 2.75) is 46.6 Å². The zero-order chi connectivity index (χ0) is 15.7. The molecule has 2 heterocycles. The predicted octanol–water partition coefficient (Wildman–Crippen LogP) is 1.95. The van der Waals surface area contributed by atoms with Gasteiger partial charge in [-0.05, 0) is 26.8 Å². The largest absolute Gasteiger partial charge is 0.293 e. The van der Waals surface area contributed by atoms with Crippen molar-refractivity contribution >= 4 is 11.9 Å². The zero-order valence-electron chi connectivity index (χ0n) is 13.4. The summed E-state index contributed by atoms with van der Waals surface area (Å²) in [6, 6.07) is 1.54. The molecule has 21 heavy (non-hydrogen) atoms. The van der Waals surface area contributed by atoms with E-state index in [4.69, 9.17) is 0 Å². The lowest BCUT2D eigenvalue weighted by molar-refractivity contribution is -0.119. The van der Waals surface area contributed by atoms with Gasteiger partial charge in [-0.25, -0.2) is 4.68 Å². The Labute approximate surface area is 124 Å². The molecule has 2 aromatic heterocycles. The third-order valence-corrected chi connectivity index (χ3v) is 3.32. The van der Waals surface area contributed by atoms with Gasteiger partial charge in [0.1, 0.15) is 6.04 Å². The number of anilines is 1. The number of hydrogen-bond donors (Lipinski definition) is 1. The Balaban J connectivity index is 2.16. The lowest BCUT2D eigenvalue weighted by atomic mass is 10.2. The van der Waals surface area contributed by atoms with Gasteiger partial charge in [-0.3, -0.25) is 14.8 Å². The van der Waals surface area contributed by atoms with Crippen LogP contribution >= 0.6 is 0 Å². The molecule has 1 amide bonds. The quantitative estimate of drug-likeness (QED) is 0.933. The number of carbonyl (C=O) groups is 1. The molecule has 1 atom stereocenters. The van der Waals surface area contributed by atoms with E-state index in [-0.39, 0.29) is 11.8 Å². The van der Waals surface area contributed by atoms with Gasteiger partial charge in [0, 0.05) is 18.7 Å². The molecule has 0 bridgehead atoms. The Hall–Kier alpha value is -2.18. The van der Waals surface area contributed by atoms with Crippen LogP contribution in [0.3, 0.4) is 0 Å². The van der Waals surface area contributed by atoms with E-state index < -0.39 is 6.04 Å². The first kappa shape index (κ1) is 15.2. The Morgan fingerprint density at radius 1 is 1.24 bits per heavy atom. The van der Waals surface area contributed by atoms with Crippen LogP contribution in [0, 0.1) is 13.8 Å². The van der Waals surface area contributed by atoms with E-state index in [1.54, 1.807) is 16.4 Å². The van der Waals surface area contributed by atoms with Crippen LogP contribution in [0.2, 0.25) is 0 Å². The Bertz CT molecular complexity index is 654. The second-order valence-corrected chi connectivity index (χ2v) is 5.61. The monoisotopic (exact) mass is 290 g/mol. The lowest BCUT2D eigenvalue weighted by Crippen LogP contribution is -2.26. The van der Waals surface area contributed by atoms with Crippen LogP contribution < -0.4 is 5.32 Å². The van der Waals surface area contributed by atoms with Gasteiger partial charge in [0.15, 0.2) is 5.82 Å². The number of aryl methyl sites for hydroxylation is 3. The minimum atomic E-state index is -0.405. The SMILES string of the molecule is Cc1cc(C)n([C@H](C)C(=O)Nc2nc(C(C)C)nn2C)n1. The van der Waals surface area contributed by atoms with Crippen molar-refractivity contribution < 1.29 is 4.79 Å². The van der Waals surface area contributed by atoms with Crippen LogP contribution in [-0.2, 0) is 11.8 Å². The molecule has 1 N–H and O–H groups in total. The standard InChI is InChI=1S/C14H22N6O/c1-8(2)12-15-14(19(6)18-12)16-13(21)11(5)20-10(4)7-9(3)17-20/h7-8,11H,1-6H3,(H,15,16,18,21)/t11-/m1/s1. The highest BCUT2D eigenvalue weighted by Gasteiger charge is 2.20. The van der Waals surface area contributed by atoms with Crippen LogP contribution in [0.1, 0.15) is 49.9 Å². The van der Waals surface area contributed by atoms with Crippen molar-refractivity contribution in [3.05, 3.63) is 23.3 Å². The van der Waals surface area contributed by atoms with Gasteiger partial charge in [-0.15, -0.1) is 0 Å². The van der Waals surface area contributed by atoms with E-state index in [0.29, 0.717) is 11.8 Å². The molecule has 0 saturated heterocycles. The maximum atomic E-state index is 12.4. The second kappa shape index (κ2) is 5.67. The van der Waals surface area contributed by atoms with E-state index >= 15 is 0 Å². The first-order valence-electron chi connectivity index (χ1n) is 7.04. The summed E-state index contributed by atoms with van der Waals surface area (Å²) >= 11 is 0. The summed E-state index contributed by atoms with van der Waals surface area (Å²) in [6.07, 6.45) is 0. The molecular formula is C14H22N6O. The van der Waals surface area contributed by atoms with Gasteiger partial charge >= 0.3 is 0 Å². The maximum absolute atomic E-state index is 12.4. The minimum absolute atomic E-state index is 0.160. The molecular weight excluding hydrogens is 268 g/mol. The van der Waals surface area contributed by atoms with Crippen LogP contribution in [0.5, 0.6) is 0 Å². The highest BCUT2D eigenvalue weighted by molar-refractivity contribution is 5.91. The fourth-order valence-electron chi connectivity index (χ4n) is 2.12. The number of carbonyl (C=O) groups excluding carboxylic acids is 1. The molecule has 7 heteroatoms. The number of nitrogens with one attached hydrogen (secondary N) is 1. The number of hydrogen-bond acceptors (Lipinski definition) is 4. The third-order valence-electron chi connectivity index (χ3n) is 3.32.